The molecule has 0 N–H and O–H groups in total. The Hall–Kier alpha value is 0.730. The molecular formula is C13H24I-. The summed E-state index contributed by atoms with van der Waals surface area (Å²) in [7, 11) is 0. The van der Waals surface area contributed by atoms with Crippen molar-refractivity contribution < 1.29 is 21.2 Å². The van der Waals surface area contributed by atoms with E-state index >= 15 is 0 Å². The zero-order chi connectivity index (χ0) is 10.5. The Morgan fingerprint density at radius 2 is 1.79 bits per heavy atom. The molecule has 0 saturated carbocycles. The van der Waals surface area contributed by atoms with Crippen molar-refractivity contribution in [2.75, 3.05) is 0 Å². The van der Waals surface area contributed by atoms with Crippen LogP contribution in [0.25, 0.3) is 0 Å². The van der Waals surface area contributed by atoms with E-state index in [1.165, 1.54) is 6.42 Å². The number of halogens is 1. The molecule has 4 unspecified atom stereocenters. The molecule has 14 heavy (non-hydrogen) atoms. The van der Waals surface area contributed by atoms with Gasteiger partial charge < -0.3 is 0 Å². The van der Waals surface area contributed by atoms with Gasteiger partial charge in [0.05, 0.1) is 0 Å². The van der Waals surface area contributed by atoms with Gasteiger partial charge in [-0.1, -0.05) is 0 Å². The number of hydrogen-bond acceptors (Lipinski definition) is 0. The van der Waals surface area contributed by atoms with Crippen molar-refractivity contribution in [3.05, 3.63) is 0 Å². The van der Waals surface area contributed by atoms with Crippen molar-refractivity contribution in [3.63, 3.8) is 0 Å². The predicted octanol–water partition coefficient (Wildman–Crippen LogP) is 0.554. The van der Waals surface area contributed by atoms with E-state index in [0.29, 0.717) is 26.6 Å². The van der Waals surface area contributed by atoms with Crippen LogP contribution in [-0.2, 0) is 0 Å². The minimum absolute atomic E-state index is 0.506. The van der Waals surface area contributed by atoms with Gasteiger partial charge in [-0.2, -0.15) is 0 Å². The summed E-state index contributed by atoms with van der Waals surface area (Å²) >= 11 is 0.506. The predicted molar refractivity (Wildman–Crippen MR) is 58.1 cm³/mol. The zero-order valence-corrected chi connectivity index (χ0v) is 12.3. The van der Waals surface area contributed by atoms with Crippen LogP contribution in [0.5, 0.6) is 0 Å². The minimum atomic E-state index is 0.506. The van der Waals surface area contributed by atoms with Crippen LogP contribution < -0.4 is 21.2 Å². The molecule has 2 rings (SSSR count). The van der Waals surface area contributed by atoms with Gasteiger partial charge in [-0.15, -0.1) is 0 Å². The summed E-state index contributed by atoms with van der Waals surface area (Å²) < 4.78 is 2.28. The van der Waals surface area contributed by atoms with Crippen molar-refractivity contribution in [2.45, 2.75) is 55.3 Å². The first-order valence-electron chi connectivity index (χ1n) is 6.04. The van der Waals surface area contributed by atoms with Gasteiger partial charge >= 0.3 is 99.7 Å². The van der Waals surface area contributed by atoms with E-state index < -0.39 is 0 Å². The van der Waals surface area contributed by atoms with Gasteiger partial charge in [0.2, 0.25) is 0 Å². The summed E-state index contributed by atoms with van der Waals surface area (Å²) in [5.41, 5.74) is 0.610. The number of alkyl halides is 2. The van der Waals surface area contributed by atoms with Gasteiger partial charge in [-0.3, -0.25) is 0 Å². The summed E-state index contributed by atoms with van der Waals surface area (Å²) in [6, 6.07) is 0. The van der Waals surface area contributed by atoms with Crippen LogP contribution >= 0.6 is 0 Å². The maximum absolute atomic E-state index is 2.53. The van der Waals surface area contributed by atoms with Gasteiger partial charge in [-0.05, 0) is 0 Å². The molecule has 0 aliphatic carbocycles. The van der Waals surface area contributed by atoms with Gasteiger partial charge in [-0.25, -0.2) is 0 Å². The zero-order valence-electron chi connectivity index (χ0n) is 10.2. The number of hydrogen-bond donors (Lipinski definition) is 0. The molecule has 0 radical (unpaired) electrons. The van der Waals surface area contributed by atoms with Crippen LogP contribution in [0, 0.1) is 23.2 Å². The van der Waals surface area contributed by atoms with Gasteiger partial charge in [0.1, 0.15) is 0 Å². The quantitative estimate of drug-likeness (QED) is 0.453. The Morgan fingerprint density at radius 1 is 1.14 bits per heavy atom. The van der Waals surface area contributed by atoms with Crippen molar-refractivity contribution in [1.29, 1.82) is 0 Å². The first-order valence-corrected chi connectivity index (χ1v) is 8.53. The normalized spacial score (nSPS) is 52.2. The molecule has 2 fully saturated rings. The summed E-state index contributed by atoms with van der Waals surface area (Å²) in [4.78, 5) is 0. The molecule has 2 heterocycles. The van der Waals surface area contributed by atoms with E-state index in [-0.39, 0.29) is 0 Å². The van der Waals surface area contributed by atoms with Crippen molar-refractivity contribution in [3.8, 4) is 0 Å². The summed E-state index contributed by atoms with van der Waals surface area (Å²) in [5.74, 6) is 2.96. The third kappa shape index (κ3) is 1.74. The second-order valence-corrected chi connectivity index (χ2v) is 10.1. The van der Waals surface area contributed by atoms with E-state index in [1.807, 2.05) is 0 Å². The standard InChI is InChI=1S/C13H24I/c1-8-6-11-7-13(4,5)10(3)9(2)12(8)14-11/h8-12H,6-7H2,1-5H3/q-1/t8-,9?,10?,11?,12?/m0/s1. The molecule has 2 aliphatic rings. The molecule has 0 aromatic heterocycles. The van der Waals surface area contributed by atoms with Crippen molar-refractivity contribution >= 4 is 0 Å². The Balaban J connectivity index is 2.24. The number of fused-ring (bicyclic) bond motifs is 2. The first kappa shape index (κ1) is 11.2. The SMILES string of the molecule is CC1C2[I-]C(C[C@@H]2C)CC(C)(C)C1C. The fourth-order valence-corrected chi connectivity index (χ4v) is 9.36. The molecule has 2 bridgehead atoms. The van der Waals surface area contributed by atoms with E-state index in [2.05, 4.69) is 34.6 Å². The van der Waals surface area contributed by atoms with Crippen LogP contribution in [0.3, 0.4) is 0 Å². The molecular weight excluding hydrogens is 283 g/mol. The number of rotatable bonds is 0. The van der Waals surface area contributed by atoms with Crippen LogP contribution in [0.4, 0.5) is 0 Å². The Labute approximate surface area is 99.5 Å². The van der Waals surface area contributed by atoms with Gasteiger partial charge in [0, 0.05) is 0 Å². The molecule has 2 saturated heterocycles. The van der Waals surface area contributed by atoms with E-state index in [1.54, 1.807) is 6.42 Å². The Kier molecular flexibility index (Phi) is 2.92. The van der Waals surface area contributed by atoms with Crippen LogP contribution in [0.15, 0.2) is 0 Å². The van der Waals surface area contributed by atoms with Gasteiger partial charge in [0.15, 0.2) is 0 Å². The third-order valence-electron chi connectivity index (χ3n) is 4.77. The average Bonchev–Trinajstić information content (AvgIpc) is 2.39. The van der Waals surface area contributed by atoms with Crippen molar-refractivity contribution in [1.82, 2.24) is 0 Å². The molecule has 1 heteroatoms. The molecule has 0 aromatic carbocycles. The summed E-state index contributed by atoms with van der Waals surface area (Å²) in [5, 5.41) is 0. The van der Waals surface area contributed by atoms with E-state index in [4.69, 9.17) is 0 Å². The Bertz CT molecular complexity index is 219. The molecule has 2 aliphatic heterocycles. The van der Waals surface area contributed by atoms with Gasteiger partial charge in [0.25, 0.3) is 0 Å². The fraction of sp³-hybridized carbons (Fsp3) is 1.00. The van der Waals surface area contributed by atoms with E-state index in [9.17, 15) is 0 Å². The van der Waals surface area contributed by atoms with Crippen molar-refractivity contribution in [2.24, 2.45) is 23.2 Å². The molecule has 0 nitrogen and oxygen atoms in total. The maximum atomic E-state index is 2.53. The average molecular weight is 307 g/mol. The molecule has 0 spiro atoms. The third-order valence-corrected chi connectivity index (χ3v) is 9.92. The van der Waals surface area contributed by atoms with Crippen LogP contribution in [-0.4, -0.2) is 7.85 Å². The summed E-state index contributed by atoms with van der Waals surface area (Å²) in [6.45, 7) is 12.5. The fourth-order valence-electron chi connectivity index (χ4n) is 3.42. The molecule has 84 valence electrons. The topological polar surface area (TPSA) is 0 Å². The second-order valence-electron chi connectivity index (χ2n) is 6.22. The second kappa shape index (κ2) is 3.64. The molecule has 0 aromatic rings. The molecule has 5 atom stereocenters. The monoisotopic (exact) mass is 307 g/mol. The van der Waals surface area contributed by atoms with E-state index in [0.717, 1.165) is 25.6 Å². The van der Waals surface area contributed by atoms with Crippen LogP contribution in [0.2, 0.25) is 0 Å². The Morgan fingerprint density at radius 3 is 2.43 bits per heavy atom. The molecule has 0 amide bonds. The summed E-state index contributed by atoms with van der Waals surface area (Å²) in [6.07, 6.45) is 3.07. The van der Waals surface area contributed by atoms with Crippen LogP contribution in [0.1, 0.15) is 47.5 Å². The first-order chi connectivity index (χ1) is 6.42.